The van der Waals surface area contributed by atoms with Gasteiger partial charge < -0.3 is 16.2 Å². The number of hydrogen-bond acceptors (Lipinski definition) is 4. The van der Waals surface area contributed by atoms with Gasteiger partial charge in [0.1, 0.15) is 18.6 Å². The average molecular weight is 237 g/mol. The van der Waals surface area contributed by atoms with Crippen LogP contribution in [0.1, 0.15) is 6.42 Å². The van der Waals surface area contributed by atoms with Crippen LogP contribution in [0.25, 0.3) is 0 Å². The van der Waals surface area contributed by atoms with Gasteiger partial charge in [-0.2, -0.15) is 12.6 Å². The molecule has 7 heteroatoms. The second kappa shape index (κ2) is 8.49. The number of carboxylic acid groups (broad SMARTS) is 1. The van der Waals surface area contributed by atoms with Crippen molar-refractivity contribution in [1.82, 2.24) is 5.32 Å². The molecular weight excluding hydrogens is 221 g/mol. The first-order chi connectivity index (χ1) is 7.11. The number of carbonyl (C=O) groups is 1. The lowest BCUT2D eigenvalue weighted by Crippen LogP contribution is -2.38. The number of rotatable bonds is 8. The van der Waals surface area contributed by atoms with Crippen molar-refractivity contribution < 1.29 is 14.3 Å². The lowest BCUT2D eigenvalue weighted by Gasteiger charge is -2.11. The zero-order chi connectivity index (χ0) is 11.7. The van der Waals surface area contributed by atoms with E-state index in [1.807, 2.05) is 0 Å². The van der Waals surface area contributed by atoms with Crippen molar-refractivity contribution >= 4 is 24.4 Å². The van der Waals surface area contributed by atoms with Gasteiger partial charge >= 0.3 is 5.97 Å². The number of aliphatic carboxylic acids is 1. The van der Waals surface area contributed by atoms with Crippen molar-refractivity contribution in [3.05, 3.63) is 0 Å². The monoisotopic (exact) mass is 237 g/mol. The summed E-state index contributed by atoms with van der Waals surface area (Å²) >= 11 is 3.95. The highest BCUT2D eigenvalue weighted by Crippen LogP contribution is 1.94. The van der Waals surface area contributed by atoms with E-state index in [9.17, 15) is 9.18 Å². The van der Waals surface area contributed by atoms with Crippen LogP contribution in [-0.4, -0.2) is 48.5 Å². The molecule has 5 nitrogen and oxygen atoms in total. The molecule has 0 fully saturated rings. The summed E-state index contributed by atoms with van der Waals surface area (Å²) in [6.07, 6.45) is 0.431. The summed E-state index contributed by atoms with van der Waals surface area (Å²) in [5.41, 5.74) is 5.13. The second-order valence-electron chi connectivity index (χ2n) is 2.86. The zero-order valence-corrected chi connectivity index (χ0v) is 9.21. The third kappa shape index (κ3) is 7.15. The zero-order valence-electron chi connectivity index (χ0n) is 8.32. The molecule has 0 spiro atoms. The van der Waals surface area contributed by atoms with Crippen molar-refractivity contribution in [2.75, 3.05) is 25.5 Å². The number of thiol groups is 1. The lowest BCUT2D eigenvalue weighted by atomic mass is 10.2. The molecule has 1 atom stereocenters. The molecule has 0 aromatic rings. The fraction of sp³-hybridized carbons (Fsp3) is 0.750. The van der Waals surface area contributed by atoms with Gasteiger partial charge in [-0.05, 0) is 12.2 Å². The minimum absolute atomic E-state index is 0.0714. The van der Waals surface area contributed by atoms with Gasteiger partial charge in [0.2, 0.25) is 0 Å². The van der Waals surface area contributed by atoms with E-state index in [1.165, 1.54) is 0 Å². The maximum atomic E-state index is 11.8. The predicted octanol–water partition coefficient (Wildman–Crippen LogP) is -0.324. The van der Waals surface area contributed by atoms with E-state index in [0.717, 1.165) is 0 Å². The molecule has 15 heavy (non-hydrogen) atoms. The van der Waals surface area contributed by atoms with Crippen LogP contribution in [-0.2, 0) is 4.79 Å². The van der Waals surface area contributed by atoms with E-state index < -0.39 is 18.7 Å². The first-order valence-electron chi connectivity index (χ1n) is 4.53. The summed E-state index contributed by atoms with van der Waals surface area (Å²) in [7, 11) is 0. The highest BCUT2D eigenvalue weighted by Gasteiger charge is 2.14. The first-order valence-corrected chi connectivity index (χ1v) is 5.16. The fourth-order valence-electron chi connectivity index (χ4n) is 0.922. The molecule has 88 valence electrons. The summed E-state index contributed by atoms with van der Waals surface area (Å²) in [6, 6.07) is -0.635. The molecule has 0 rings (SSSR count). The third-order valence-corrected chi connectivity index (χ3v) is 1.93. The summed E-state index contributed by atoms with van der Waals surface area (Å²) < 4.78 is 11.8. The standard InChI is InChI=1S/C8H16FN3O2S/c9-5-7(10)12-3-2-11-6(1-4-15)8(13)14/h6,11,15H,1-5H2,(H2,10,12)(H,13,14)/t6-/m1/s1. The van der Waals surface area contributed by atoms with Crippen molar-refractivity contribution in [3.8, 4) is 0 Å². The van der Waals surface area contributed by atoms with E-state index in [2.05, 4.69) is 22.9 Å². The van der Waals surface area contributed by atoms with Crippen LogP contribution in [0.2, 0.25) is 0 Å². The highest BCUT2D eigenvalue weighted by molar-refractivity contribution is 7.80. The van der Waals surface area contributed by atoms with Gasteiger partial charge in [0, 0.05) is 6.54 Å². The smallest absolute Gasteiger partial charge is 0.320 e. The SMILES string of the molecule is NC(CF)=NCCN[C@H](CCS)C(=O)O. The number of amidine groups is 1. The predicted molar refractivity (Wildman–Crippen MR) is 60.4 cm³/mol. The van der Waals surface area contributed by atoms with E-state index in [-0.39, 0.29) is 12.4 Å². The molecule has 0 radical (unpaired) electrons. The summed E-state index contributed by atoms with van der Waals surface area (Å²) in [4.78, 5) is 14.3. The maximum absolute atomic E-state index is 11.8. The van der Waals surface area contributed by atoms with E-state index >= 15 is 0 Å². The molecule has 0 unspecified atom stereocenters. The van der Waals surface area contributed by atoms with Crippen molar-refractivity contribution in [1.29, 1.82) is 0 Å². The largest absolute Gasteiger partial charge is 0.480 e. The van der Waals surface area contributed by atoms with Crippen LogP contribution in [0.4, 0.5) is 4.39 Å². The Kier molecular flexibility index (Phi) is 8.02. The van der Waals surface area contributed by atoms with Crippen molar-refractivity contribution in [2.24, 2.45) is 10.7 Å². The molecule has 0 aliphatic carbocycles. The molecule has 0 saturated carbocycles. The quantitative estimate of drug-likeness (QED) is 0.202. The van der Waals surface area contributed by atoms with Gasteiger partial charge in [-0.3, -0.25) is 9.79 Å². The lowest BCUT2D eigenvalue weighted by molar-refractivity contribution is -0.139. The van der Waals surface area contributed by atoms with Crippen LogP contribution < -0.4 is 11.1 Å². The number of alkyl halides is 1. The summed E-state index contributed by atoms with van der Waals surface area (Å²) in [5, 5.41) is 11.5. The first kappa shape index (κ1) is 14.2. The summed E-state index contributed by atoms with van der Waals surface area (Å²) in [6.45, 7) is -0.156. The molecule has 0 aliphatic heterocycles. The highest BCUT2D eigenvalue weighted by atomic mass is 32.1. The van der Waals surface area contributed by atoms with Gasteiger partial charge in [-0.25, -0.2) is 4.39 Å². The van der Waals surface area contributed by atoms with Crippen molar-refractivity contribution in [2.45, 2.75) is 12.5 Å². The van der Waals surface area contributed by atoms with Crippen LogP contribution in [0.15, 0.2) is 4.99 Å². The minimum atomic E-state index is -0.925. The Morgan fingerprint density at radius 2 is 2.33 bits per heavy atom. The van der Waals surface area contributed by atoms with E-state index in [1.54, 1.807) is 0 Å². The minimum Gasteiger partial charge on any atom is -0.480 e. The molecule has 4 N–H and O–H groups in total. The van der Waals surface area contributed by atoms with Crippen LogP contribution >= 0.6 is 12.6 Å². The third-order valence-electron chi connectivity index (χ3n) is 1.67. The topological polar surface area (TPSA) is 87.7 Å². The number of nitrogens with zero attached hydrogens (tertiary/aromatic N) is 1. The molecular formula is C8H16FN3O2S. The van der Waals surface area contributed by atoms with Gasteiger partial charge in [0.15, 0.2) is 0 Å². The normalized spacial score (nSPS) is 13.9. The Balaban J connectivity index is 3.76. The Morgan fingerprint density at radius 3 is 2.80 bits per heavy atom. The number of carboxylic acids is 1. The van der Waals surface area contributed by atoms with E-state index in [4.69, 9.17) is 10.8 Å². The molecule has 0 aromatic carbocycles. The molecule has 0 bridgehead atoms. The molecule has 0 aromatic heterocycles. The van der Waals surface area contributed by atoms with Crippen LogP contribution in [0.3, 0.4) is 0 Å². The number of nitrogens with two attached hydrogens (primary N) is 1. The van der Waals surface area contributed by atoms with Gasteiger partial charge in [-0.15, -0.1) is 0 Å². The van der Waals surface area contributed by atoms with Crippen LogP contribution in [0.5, 0.6) is 0 Å². The second-order valence-corrected chi connectivity index (χ2v) is 3.31. The Labute approximate surface area is 93.4 Å². The summed E-state index contributed by atoms with van der Waals surface area (Å²) in [5.74, 6) is -0.510. The molecule has 0 heterocycles. The van der Waals surface area contributed by atoms with Crippen molar-refractivity contribution in [3.63, 3.8) is 0 Å². The fourth-order valence-corrected chi connectivity index (χ4v) is 1.18. The van der Waals surface area contributed by atoms with Gasteiger partial charge in [0.05, 0.1) is 6.54 Å². The number of nitrogens with one attached hydrogen (secondary N) is 1. The Bertz CT molecular complexity index is 226. The number of halogens is 1. The van der Waals surface area contributed by atoms with Gasteiger partial charge in [0.25, 0.3) is 0 Å². The Morgan fingerprint density at radius 1 is 1.67 bits per heavy atom. The molecule has 0 saturated heterocycles. The Hall–Kier alpha value is -0.820. The number of aliphatic imine (C=N–C) groups is 1. The molecule has 0 aliphatic rings. The average Bonchev–Trinajstić information content (AvgIpc) is 2.21. The number of hydrogen-bond donors (Lipinski definition) is 4. The van der Waals surface area contributed by atoms with E-state index in [0.29, 0.717) is 18.7 Å². The van der Waals surface area contributed by atoms with Crippen LogP contribution in [0, 0.1) is 0 Å². The molecule has 0 amide bonds. The maximum Gasteiger partial charge on any atom is 0.320 e. The van der Waals surface area contributed by atoms with Gasteiger partial charge in [-0.1, -0.05) is 0 Å².